The van der Waals surface area contributed by atoms with Crippen LogP contribution >= 0.6 is 0 Å². The molecule has 3 rings (SSSR count). The van der Waals surface area contributed by atoms with Crippen molar-refractivity contribution in [2.45, 2.75) is 39.2 Å². The average molecular weight is 288 g/mol. The van der Waals surface area contributed by atoms with Crippen LogP contribution in [0, 0.1) is 11.8 Å². The number of rotatable bonds is 3. The van der Waals surface area contributed by atoms with Gasteiger partial charge in [-0.05, 0) is 43.2 Å². The molecule has 3 heteroatoms. The van der Waals surface area contributed by atoms with Crippen molar-refractivity contribution in [1.82, 2.24) is 5.32 Å². The van der Waals surface area contributed by atoms with E-state index in [0.717, 1.165) is 43.8 Å². The first-order valence-electron chi connectivity index (χ1n) is 8.45. The van der Waals surface area contributed by atoms with Gasteiger partial charge in [-0.2, -0.15) is 0 Å². The summed E-state index contributed by atoms with van der Waals surface area (Å²) in [7, 11) is 0. The van der Waals surface area contributed by atoms with E-state index < -0.39 is 0 Å². The molecule has 3 atom stereocenters. The summed E-state index contributed by atoms with van der Waals surface area (Å²) in [6, 6.07) is 8.56. The van der Waals surface area contributed by atoms with Gasteiger partial charge < -0.3 is 15.0 Å². The smallest absolute Gasteiger partial charge is 0.143 e. The molecule has 1 aromatic carbocycles. The van der Waals surface area contributed by atoms with Crippen LogP contribution < -0.4 is 15.0 Å². The lowest BCUT2D eigenvalue weighted by Crippen LogP contribution is -2.43. The maximum atomic E-state index is 6.40. The second-order valence-electron chi connectivity index (χ2n) is 6.71. The van der Waals surface area contributed by atoms with Crippen LogP contribution in [0.4, 0.5) is 5.69 Å². The van der Waals surface area contributed by atoms with Crippen molar-refractivity contribution in [3.05, 3.63) is 24.3 Å². The largest absolute Gasteiger partial charge is 0.488 e. The predicted molar refractivity (Wildman–Crippen MR) is 88.1 cm³/mol. The molecular formula is C18H28N2O. The molecule has 2 aliphatic rings. The Bertz CT molecular complexity index is 456. The molecule has 0 radical (unpaired) electrons. The molecule has 0 bridgehead atoms. The van der Waals surface area contributed by atoms with Crippen LogP contribution in [0.25, 0.3) is 0 Å². The number of benzene rings is 1. The highest BCUT2D eigenvalue weighted by Gasteiger charge is 2.26. The first kappa shape index (κ1) is 14.7. The molecule has 1 saturated carbocycles. The zero-order valence-corrected chi connectivity index (χ0v) is 13.3. The number of nitrogens with zero attached hydrogens (tertiary/aromatic N) is 1. The Morgan fingerprint density at radius 3 is 2.57 bits per heavy atom. The monoisotopic (exact) mass is 288 g/mol. The molecule has 1 aromatic rings. The van der Waals surface area contributed by atoms with Gasteiger partial charge in [0, 0.05) is 26.2 Å². The topological polar surface area (TPSA) is 24.5 Å². The Morgan fingerprint density at radius 2 is 1.81 bits per heavy atom. The van der Waals surface area contributed by atoms with Crippen molar-refractivity contribution in [3.8, 4) is 5.75 Å². The van der Waals surface area contributed by atoms with Crippen molar-refractivity contribution >= 4 is 5.69 Å². The SMILES string of the molecule is CC1CCC(Oc2ccccc2N2CCNCC2)CC1C. The lowest BCUT2D eigenvalue weighted by atomic mass is 9.80. The van der Waals surface area contributed by atoms with Gasteiger partial charge in [-0.1, -0.05) is 26.0 Å². The summed E-state index contributed by atoms with van der Waals surface area (Å²) in [5.41, 5.74) is 1.27. The van der Waals surface area contributed by atoms with Crippen LogP contribution in [0.5, 0.6) is 5.75 Å². The van der Waals surface area contributed by atoms with Gasteiger partial charge >= 0.3 is 0 Å². The first-order chi connectivity index (χ1) is 10.2. The van der Waals surface area contributed by atoms with E-state index in [0.29, 0.717) is 6.10 Å². The maximum Gasteiger partial charge on any atom is 0.143 e. The number of para-hydroxylation sites is 2. The summed E-state index contributed by atoms with van der Waals surface area (Å²) >= 11 is 0. The number of hydrogen-bond donors (Lipinski definition) is 1. The molecular weight excluding hydrogens is 260 g/mol. The summed E-state index contributed by atoms with van der Waals surface area (Å²) in [5.74, 6) is 2.69. The minimum Gasteiger partial charge on any atom is -0.488 e. The predicted octanol–water partition coefficient (Wildman–Crippen LogP) is 3.30. The van der Waals surface area contributed by atoms with Gasteiger partial charge in [-0.3, -0.25) is 0 Å². The van der Waals surface area contributed by atoms with Crippen molar-refractivity contribution in [3.63, 3.8) is 0 Å². The van der Waals surface area contributed by atoms with E-state index in [1.54, 1.807) is 0 Å². The van der Waals surface area contributed by atoms with Crippen LogP contribution in [0.2, 0.25) is 0 Å². The van der Waals surface area contributed by atoms with Gasteiger partial charge in [0.1, 0.15) is 5.75 Å². The van der Waals surface area contributed by atoms with Gasteiger partial charge in [0.25, 0.3) is 0 Å². The molecule has 0 spiro atoms. The molecule has 1 saturated heterocycles. The Morgan fingerprint density at radius 1 is 1.05 bits per heavy atom. The van der Waals surface area contributed by atoms with E-state index in [2.05, 4.69) is 48.3 Å². The van der Waals surface area contributed by atoms with Crippen molar-refractivity contribution in [2.24, 2.45) is 11.8 Å². The van der Waals surface area contributed by atoms with Crippen LogP contribution in [-0.4, -0.2) is 32.3 Å². The fraction of sp³-hybridized carbons (Fsp3) is 0.667. The highest BCUT2D eigenvalue weighted by Crippen LogP contribution is 2.35. The Balaban J connectivity index is 1.70. The highest BCUT2D eigenvalue weighted by atomic mass is 16.5. The molecule has 1 aliphatic carbocycles. The van der Waals surface area contributed by atoms with Gasteiger partial charge in [-0.25, -0.2) is 0 Å². The zero-order chi connectivity index (χ0) is 14.7. The van der Waals surface area contributed by atoms with E-state index in [9.17, 15) is 0 Å². The fourth-order valence-electron chi connectivity index (χ4n) is 3.51. The van der Waals surface area contributed by atoms with E-state index in [-0.39, 0.29) is 0 Å². The summed E-state index contributed by atoms with van der Waals surface area (Å²) in [6.07, 6.45) is 4.07. The van der Waals surface area contributed by atoms with E-state index in [1.165, 1.54) is 24.9 Å². The Hall–Kier alpha value is -1.22. The van der Waals surface area contributed by atoms with Crippen LogP contribution in [0.3, 0.4) is 0 Å². The Labute approximate surface area is 128 Å². The van der Waals surface area contributed by atoms with Crippen LogP contribution in [0.1, 0.15) is 33.1 Å². The molecule has 21 heavy (non-hydrogen) atoms. The van der Waals surface area contributed by atoms with Crippen molar-refractivity contribution in [2.75, 3.05) is 31.1 Å². The molecule has 116 valence electrons. The summed E-state index contributed by atoms with van der Waals surface area (Å²) < 4.78 is 6.40. The summed E-state index contributed by atoms with van der Waals surface area (Å²) in [6.45, 7) is 8.99. The molecule has 2 fully saturated rings. The zero-order valence-electron chi connectivity index (χ0n) is 13.3. The van der Waals surface area contributed by atoms with Gasteiger partial charge in [-0.15, -0.1) is 0 Å². The number of hydrogen-bond acceptors (Lipinski definition) is 3. The Kier molecular flexibility index (Phi) is 4.69. The van der Waals surface area contributed by atoms with E-state index in [1.807, 2.05) is 0 Å². The summed E-state index contributed by atoms with van der Waals surface area (Å²) in [4.78, 5) is 2.45. The number of piperazine rings is 1. The molecule has 3 unspecified atom stereocenters. The van der Waals surface area contributed by atoms with Gasteiger partial charge in [0.2, 0.25) is 0 Å². The molecule has 0 aromatic heterocycles. The highest BCUT2D eigenvalue weighted by molar-refractivity contribution is 5.58. The van der Waals surface area contributed by atoms with E-state index in [4.69, 9.17) is 4.74 Å². The van der Waals surface area contributed by atoms with Gasteiger partial charge in [0.15, 0.2) is 0 Å². The molecule has 3 nitrogen and oxygen atoms in total. The van der Waals surface area contributed by atoms with Crippen molar-refractivity contribution in [1.29, 1.82) is 0 Å². The third-order valence-corrected chi connectivity index (χ3v) is 5.17. The van der Waals surface area contributed by atoms with Crippen molar-refractivity contribution < 1.29 is 4.74 Å². The number of nitrogens with one attached hydrogen (secondary N) is 1. The minimum absolute atomic E-state index is 0.389. The lowest BCUT2D eigenvalue weighted by molar-refractivity contribution is 0.101. The second kappa shape index (κ2) is 6.69. The second-order valence-corrected chi connectivity index (χ2v) is 6.71. The molecule has 1 aliphatic heterocycles. The average Bonchev–Trinajstić information content (AvgIpc) is 2.52. The molecule has 0 amide bonds. The van der Waals surface area contributed by atoms with Gasteiger partial charge in [0.05, 0.1) is 11.8 Å². The minimum atomic E-state index is 0.389. The number of ether oxygens (including phenoxy) is 1. The normalized spacial score (nSPS) is 30.2. The van der Waals surface area contributed by atoms with Crippen LogP contribution in [0.15, 0.2) is 24.3 Å². The molecule has 1 heterocycles. The van der Waals surface area contributed by atoms with Crippen LogP contribution in [-0.2, 0) is 0 Å². The maximum absolute atomic E-state index is 6.40. The third-order valence-electron chi connectivity index (χ3n) is 5.17. The third kappa shape index (κ3) is 3.52. The number of anilines is 1. The first-order valence-corrected chi connectivity index (χ1v) is 8.45. The fourth-order valence-corrected chi connectivity index (χ4v) is 3.51. The van der Waals surface area contributed by atoms with E-state index >= 15 is 0 Å². The summed E-state index contributed by atoms with van der Waals surface area (Å²) in [5, 5.41) is 3.41. The standard InChI is InChI=1S/C18H28N2O/c1-14-7-8-16(13-15(14)2)21-18-6-4-3-5-17(18)20-11-9-19-10-12-20/h3-6,14-16,19H,7-13H2,1-2H3. The lowest BCUT2D eigenvalue weighted by Gasteiger charge is -2.35. The molecule has 1 N–H and O–H groups in total. The quantitative estimate of drug-likeness (QED) is 0.923.